The lowest BCUT2D eigenvalue weighted by Crippen LogP contribution is -2.06. The second kappa shape index (κ2) is 7.10. The predicted molar refractivity (Wildman–Crippen MR) is 102 cm³/mol. The number of carboxylic acids is 1. The molecule has 7 nitrogen and oxygen atoms in total. The van der Waals surface area contributed by atoms with E-state index in [4.69, 9.17) is 10.8 Å². The summed E-state index contributed by atoms with van der Waals surface area (Å²) >= 11 is 0. The molecule has 5 N–H and O–H groups in total. The monoisotopic (exact) mass is 349 g/mol. The van der Waals surface area contributed by atoms with Gasteiger partial charge in [-0.25, -0.2) is 14.8 Å². The van der Waals surface area contributed by atoms with Crippen LogP contribution in [0.5, 0.6) is 0 Å². The van der Waals surface area contributed by atoms with E-state index in [1.165, 1.54) is 24.0 Å². The number of anilines is 5. The Morgan fingerprint density at radius 3 is 2.31 bits per heavy atom. The summed E-state index contributed by atoms with van der Waals surface area (Å²) in [7, 11) is 0. The van der Waals surface area contributed by atoms with Gasteiger partial charge < -0.3 is 21.5 Å². The molecular weight excluding hydrogens is 330 g/mol. The number of nitrogens with one attached hydrogen (secondary N) is 2. The van der Waals surface area contributed by atoms with Crippen molar-refractivity contribution in [1.29, 1.82) is 0 Å². The number of carbonyl (C=O) groups is 1. The summed E-state index contributed by atoms with van der Waals surface area (Å²) in [5, 5.41) is 15.3. The van der Waals surface area contributed by atoms with Crippen LogP contribution in [0.1, 0.15) is 21.5 Å². The van der Waals surface area contributed by atoms with E-state index in [-0.39, 0.29) is 5.56 Å². The van der Waals surface area contributed by atoms with E-state index in [2.05, 4.69) is 20.6 Å². The topological polar surface area (TPSA) is 113 Å². The highest BCUT2D eigenvalue weighted by atomic mass is 16.4. The van der Waals surface area contributed by atoms with Crippen molar-refractivity contribution in [2.24, 2.45) is 0 Å². The molecule has 0 bridgehead atoms. The van der Waals surface area contributed by atoms with Crippen LogP contribution in [0.3, 0.4) is 0 Å². The maximum Gasteiger partial charge on any atom is 0.335 e. The third-order valence-corrected chi connectivity index (χ3v) is 4.14. The smallest absolute Gasteiger partial charge is 0.335 e. The Hall–Kier alpha value is -3.61. The Morgan fingerprint density at radius 1 is 1.00 bits per heavy atom. The van der Waals surface area contributed by atoms with Gasteiger partial charge in [0.1, 0.15) is 12.0 Å². The molecule has 3 aromatic rings. The molecule has 0 radical (unpaired) electrons. The van der Waals surface area contributed by atoms with Gasteiger partial charge in [0.2, 0.25) is 0 Å². The number of hydrogen-bond acceptors (Lipinski definition) is 6. The summed E-state index contributed by atoms with van der Waals surface area (Å²) in [6.45, 7) is 4.07. The molecule has 0 spiro atoms. The van der Waals surface area contributed by atoms with Crippen LogP contribution in [-0.4, -0.2) is 21.0 Å². The van der Waals surface area contributed by atoms with Crippen molar-refractivity contribution in [2.45, 2.75) is 13.8 Å². The molecule has 0 unspecified atom stereocenters. The molecule has 7 heteroatoms. The molecule has 2 aromatic carbocycles. The van der Waals surface area contributed by atoms with Crippen LogP contribution in [0.15, 0.2) is 48.8 Å². The number of carboxylic acid groups (broad SMARTS) is 1. The largest absolute Gasteiger partial charge is 0.478 e. The summed E-state index contributed by atoms with van der Waals surface area (Å²) in [6.07, 6.45) is 1.41. The van der Waals surface area contributed by atoms with Gasteiger partial charge in [-0.3, -0.25) is 0 Å². The summed E-state index contributed by atoms with van der Waals surface area (Å²) < 4.78 is 0. The average molecular weight is 349 g/mol. The number of hydrogen-bond donors (Lipinski definition) is 4. The standard InChI is InChI=1S/C19H19N5O2/c1-11-4-3-5-15(12(11)2)24-18-16(20)17(21-10-22-18)23-14-8-6-13(7-9-14)19(25)26/h3-10H,20H2,1-2H3,(H,25,26)(H2,21,22,23,24). The average Bonchev–Trinajstić information content (AvgIpc) is 2.62. The number of rotatable bonds is 5. The second-order valence-electron chi connectivity index (χ2n) is 5.86. The fraction of sp³-hybridized carbons (Fsp3) is 0.105. The Labute approximate surface area is 150 Å². The van der Waals surface area contributed by atoms with E-state index < -0.39 is 5.97 Å². The van der Waals surface area contributed by atoms with Gasteiger partial charge in [-0.05, 0) is 55.3 Å². The SMILES string of the molecule is Cc1cccc(Nc2ncnc(Nc3ccc(C(=O)O)cc3)c2N)c1C. The van der Waals surface area contributed by atoms with Gasteiger partial charge in [0.15, 0.2) is 11.6 Å². The van der Waals surface area contributed by atoms with Crippen LogP contribution < -0.4 is 16.4 Å². The third-order valence-electron chi connectivity index (χ3n) is 4.14. The molecule has 0 saturated heterocycles. The van der Waals surface area contributed by atoms with Gasteiger partial charge in [0.05, 0.1) is 5.56 Å². The van der Waals surface area contributed by atoms with Crippen LogP contribution in [0.4, 0.5) is 28.7 Å². The molecule has 0 atom stereocenters. The van der Waals surface area contributed by atoms with E-state index in [1.807, 2.05) is 32.0 Å². The minimum Gasteiger partial charge on any atom is -0.478 e. The second-order valence-corrected chi connectivity index (χ2v) is 5.86. The van der Waals surface area contributed by atoms with Crippen LogP contribution >= 0.6 is 0 Å². The molecule has 0 aliphatic heterocycles. The summed E-state index contributed by atoms with van der Waals surface area (Å²) in [5.41, 5.74) is 10.7. The molecule has 0 aliphatic carbocycles. The van der Waals surface area contributed by atoms with Gasteiger partial charge in [-0.15, -0.1) is 0 Å². The van der Waals surface area contributed by atoms with E-state index in [9.17, 15) is 4.79 Å². The third kappa shape index (κ3) is 3.56. The Kier molecular flexibility index (Phi) is 4.70. The van der Waals surface area contributed by atoms with Crippen molar-refractivity contribution in [3.63, 3.8) is 0 Å². The quantitative estimate of drug-likeness (QED) is 0.553. The van der Waals surface area contributed by atoms with Crippen LogP contribution in [0.2, 0.25) is 0 Å². The van der Waals surface area contributed by atoms with Crippen molar-refractivity contribution in [1.82, 2.24) is 9.97 Å². The number of nitrogen functional groups attached to an aromatic ring is 1. The highest BCUT2D eigenvalue weighted by molar-refractivity contribution is 5.88. The van der Waals surface area contributed by atoms with E-state index in [0.29, 0.717) is 23.0 Å². The molecular formula is C19H19N5O2. The molecule has 1 heterocycles. The number of benzene rings is 2. The Morgan fingerprint density at radius 2 is 1.65 bits per heavy atom. The molecule has 0 saturated carbocycles. The lowest BCUT2D eigenvalue weighted by Gasteiger charge is -2.14. The van der Waals surface area contributed by atoms with Crippen molar-refractivity contribution in [2.75, 3.05) is 16.4 Å². The number of nitrogens with two attached hydrogens (primary N) is 1. The molecule has 132 valence electrons. The number of aromatic carboxylic acids is 1. The normalized spacial score (nSPS) is 10.4. The molecule has 1 aromatic heterocycles. The molecule has 26 heavy (non-hydrogen) atoms. The maximum absolute atomic E-state index is 10.9. The number of aryl methyl sites for hydroxylation is 1. The van der Waals surface area contributed by atoms with Crippen LogP contribution in [0.25, 0.3) is 0 Å². The summed E-state index contributed by atoms with van der Waals surface area (Å²) in [4.78, 5) is 19.3. The summed E-state index contributed by atoms with van der Waals surface area (Å²) in [6, 6.07) is 12.3. The fourth-order valence-electron chi connectivity index (χ4n) is 2.44. The summed E-state index contributed by atoms with van der Waals surface area (Å²) in [5.74, 6) is -0.0349. The highest BCUT2D eigenvalue weighted by Crippen LogP contribution is 2.29. The lowest BCUT2D eigenvalue weighted by atomic mass is 10.1. The molecule has 0 aliphatic rings. The van der Waals surface area contributed by atoms with Crippen LogP contribution in [0, 0.1) is 13.8 Å². The zero-order valence-electron chi connectivity index (χ0n) is 14.4. The molecule has 0 amide bonds. The minimum absolute atomic E-state index is 0.212. The van der Waals surface area contributed by atoms with E-state index >= 15 is 0 Å². The predicted octanol–water partition coefficient (Wildman–Crippen LogP) is 3.86. The number of aromatic nitrogens is 2. The highest BCUT2D eigenvalue weighted by Gasteiger charge is 2.11. The van der Waals surface area contributed by atoms with E-state index in [0.717, 1.165) is 11.3 Å². The van der Waals surface area contributed by atoms with Crippen molar-refractivity contribution < 1.29 is 9.90 Å². The first-order valence-electron chi connectivity index (χ1n) is 8.00. The van der Waals surface area contributed by atoms with Crippen molar-refractivity contribution in [3.8, 4) is 0 Å². The molecule has 3 rings (SSSR count). The minimum atomic E-state index is -0.974. The van der Waals surface area contributed by atoms with Crippen molar-refractivity contribution in [3.05, 3.63) is 65.5 Å². The van der Waals surface area contributed by atoms with Crippen molar-refractivity contribution >= 4 is 34.7 Å². The van der Waals surface area contributed by atoms with Gasteiger partial charge in [-0.1, -0.05) is 12.1 Å². The lowest BCUT2D eigenvalue weighted by molar-refractivity contribution is 0.0697. The fourth-order valence-corrected chi connectivity index (χ4v) is 2.44. The first-order valence-corrected chi connectivity index (χ1v) is 8.00. The number of nitrogens with zero attached hydrogens (tertiary/aromatic N) is 2. The first-order chi connectivity index (χ1) is 12.5. The first kappa shape index (κ1) is 17.2. The van der Waals surface area contributed by atoms with Gasteiger partial charge >= 0.3 is 5.97 Å². The Balaban J connectivity index is 1.85. The van der Waals surface area contributed by atoms with E-state index in [1.54, 1.807) is 12.1 Å². The molecule has 0 fully saturated rings. The zero-order valence-corrected chi connectivity index (χ0v) is 14.4. The zero-order chi connectivity index (χ0) is 18.7. The van der Waals surface area contributed by atoms with Crippen LogP contribution in [-0.2, 0) is 0 Å². The Bertz CT molecular complexity index is 955. The van der Waals surface area contributed by atoms with Gasteiger partial charge in [0, 0.05) is 11.4 Å². The van der Waals surface area contributed by atoms with Gasteiger partial charge in [0.25, 0.3) is 0 Å². The maximum atomic E-state index is 10.9. The van der Waals surface area contributed by atoms with Gasteiger partial charge in [-0.2, -0.15) is 0 Å².